The van der Waals surface area contributed by atoms with Crippen LogP contribution in [0.1, 0.15) is 24.5 Å². The van der Waals surface area contributed by atoms with Crippen molar-refractivity contribution in [1.29, 1.82) is 0 Å². The molecule has 0 bridgehead atoms. The normalized spacial score (nSPS) is 18.5. The van der Waals surface area contributed by atoms with Gasteiger partial charge in [0.2, 0.25) is 10.0 Å². The van der Waals surface area contributed by atoms with Crippen molar-refractivity contribution in [2.75, 3.05) is 13.1 Å². The predicted octanol–water partition coefficient (Wildman–Crippen LogP) is 3.09. The molecule has 1 aliphatic heterocycles. The van der Waals surface area contributed by atoms with E-state index in [9.17, 15) is 8.42 Å². The maximum Gasteiger partial charge on any atom is 0.246 e. The van der Waals surface area contributed by atoms with E-state index in [1.54, 1.807) is 12.4 Å². The van der Waals surface area contributed by atoms with E-state index in [2.05, 4.69) is 15.2 Å². The lowest BCUT2D eigenvalue weighted by molar-refractivity contribution is 0.312. The van der Waals surface area contributed by atoms with Gasteiger partial charge >= 0.3 is 0 Å². The van der Waals surface area contributed by atoms with Crippen LogP contribution in [0.3, 0.4) is 0 Å². The fourth-order valence-electron chi connectivity index (χ4n) is 3.30. The molecule has 4 rings (SSSR count). The molecule has 0 radical (unpaired) electrons. The molecule has 0 spiro atoms. The van der Waals surface area contributed by atoms with Gasteiger partial charge in [-0.25, -0.2) is 13.4 Å². The predicted molar refractivity (Wildman–Crippen MR) is 102 cm³/mol. The number of benzene rings is 1. The fourth-order valence-corrected chi connectivity index (χ4v) is 4.92. The van der Waals surface area contributed by atoms with Crippen LogP contribution in [-0.4, -0.2) is 46.0 Å². The van der Waals surface area contributed by atoms with Gasteiger partial charge in [0, 0.05) is 42.0 Å². The topological polar surface area (TPSA) is 91.8 Å². The maximum atomic E-state index is 12.8. The van der Waals surface area contributed by atoms with Crippen LogP contribution in [0.25, 0.3) is 11.3 Å². The summed E-state index contributed by atoms with van der Waals surface area (Å²) >= 11 is 6.07. The van der Waals surface area contributed by atoms with Crippen LogP contribution in [0, 0.1) is 0 Å². The van der Waals surface area contributed by atoms with E-state index in [1.165, 1.54) is 16.7 Å². The Morgan fingerprint density at radius 2 is 2.11 bits per heavy atom. The number of hydrogen-bond donors (Lipinski definition) is 1. The first-order valence-corrected chi connectivity index (χ1v) is 10.4. The van der Waals surface area contributed by atoms with Gasteiger partial charge in [-0.3, -0.25) is 10.1 Å². The molecule has 0 saturated carbocycles. The van der Waals surface area contributed by atoms with E-state index in [-0.39, 0.29) is 10.8 Å². The van der Waals surface area contributed by atoms with Crippen molar-refractivity contribution in [1.82, 2.24) is 24.5 Å². The second-order valence-electron chi connectivity index (χ2n) is 6.48. The molecular formula is C18H18ClN5O2S. The highest BCUT2D eigenvalue weighted by molar-refractivity contribution is 7.89. The number of aromatic amines is 1. The van der Waals surface area contributed by atoms with Gasteiger partial charge in [0.05, 0.1) is 23.8 Å². The smallest absolute Gasteiger partial charge is 0.246 e. The molecule has 3 heterocycles. The molecule has 1 fully saturated rings. The zero-order valence-corrected chi connectivity index (χ0v) is 16.0. The average Bonchev–Trinajstić information content (AvgIpc) is 3.24. The number of sulfonamides is 1. The molecule has 1 atom stereocenters. The second kappa shape index (κ2) is 7.38. The van der Waals surface area contributed by atoms with Gasteiger partial charge < -0.3 is 0 Å². The Kier molecular flexibility index (Phi) is 4.94. The first-order chi connectivity index (χ1) is 13.0. The van der Waals surface area contributed by atoms with Gasteiger partial charge in [-0.15, -0.1) is 0 Å². The standard InChI is InChI=1S/C18H18ClN5O2S/c19-15-5-1-3-13(7-15)17-10-20-11-18(23-17)14-4-2-6-24(12-14)27(25,26)16-8-21-22-9-16/h1,3,5,7-11,14H,2,4,6,12H2,(H,21,22). The quantitative estimate of drug-likeness (QED) is 0.722. The van der Waals surface area contributed by atoms with Crippen molar-refractivity contribution in [2.45, 2.75) is 23.7 Å². The van der Waals surface area contributed by atoms with Crippen LogP contribution in [-0.2, 0) is 10.0 Å². The van der Waals surface area contributed by atoms with Gasteiger partial charge in [-0.1, -0.05) is 23.7 Å². The van der Waals surface area contributed by atoms with E-state index >= 15 is 0 Å². The molecule has 0 aliphatic carbocycles. The van der Waals surface area contributed by atoms with E-state index in [0.29, 0.717) is 18.1 Å². The van der Waals surface area contributed by atoms with E-state index in [1.807, 2.05) is 24.3 Å². The van der Waals surface area contributed by atoms with E-state index < -0.39 is 10.0 Å². The summed E-state index contributed by atoms with van der Waals surface area (Å²) in [6.45, 7) is 0.868. The number of nitrogens with one attached hydrogen (secondary N) is 1. The second-order valence-corrected chi connectivity index (χ2v) is 8.85. The fraction of sp³-hybridized carbons (Fsp3) is 0.278. The highest BCUT2D eigenvalue weighted by Gasteiger charge is 2.32. The van der Waals surface area contributed by atoms with Crippen LogP contribution < -0.4 is 0 Å². The molecule has 1 N–H and O–H groups in total. The number of H-pyrrole nitrogens is 1. The lowest BCUT2D eigenvalue weighted by Crippen LogP contribution is -2.39. The zero-order valence-electron chi connectivity index (χ0n) is 14.4. The minimum atomic E-state index is -3.55. The Bertz CT molecular complexity index is 1040. The van der Waals surface area contributed by atoms with Gasteiger partial charge in [-0.2, -0.15) is 9.40 Å². The van der Waals surface area contributed by atoms with Crippen LogP contribution in [0.2, 0.25) is 5.02 Å². The van der Waals surface area contributed by atoms with Crippen molar-refractivity contribution < 1.29 is 8.42 Å². The first-order valence-electron chi connectivity index (χ1n) is 8.61. The average molecular weight is 404 g/mol. The molecule has 7 nitrogen and oxygen atoms in total. The zero-order chi connectivity index (χ0) is 18.9. The van der Waals surface area contributed by atoms with E-state index in [4.69, 9.17) is 16.6 Å². The molecule has 2 aromatic heterocycles. The number of halogens is 1. The number of piperidine rings is 1. The highest BCUT2D eigenvalue weighted by atomic mass is 35.5. The molecule has 140 valence electrons. The van der Waals surface area contributed by atoms with Crippen molar-refractivity contribution in [3.05, 3.63) is 59.8 Å². The monoisotopic (exact) mass is 403 g/mol. The summed E-state index contributed by atoms with van der Waals surface area (Å²) in [6, 6.07) is 7.44. The summed E-state index contributed by atoms with van der Waals surface area (Å²) in [4.78, 5) is 9.22. The minimum absolute atomic E-state index is 0.00735. The first kappa shape index (κ1) is 18.1. The summed E-state index contributed by atoms with van der Waals surface area (Å²) in [5.41, 5.74) is 2.40. The Morgan fingerprint density at radius 1 is 1.22 bits per heavy atom. The minimum Gasteiger partial charge on any atom is -0.284 e. The molecule has 1 saturated heterocycles. The Morgan fingerprint density at radius 3 is 2.89 bits per heavy atom. The maximum absolute atomic E-state index is 12.8. The molecule has 1 unspecified atom stereocenters. The van der Waals surface area contributed by atoms with Gasteiger partial charge in [0.25, 0.3) is 0 Å². The third-order valence-corrected chi connectivity index (χ3v) is 6.75. The highest BCUT2D eigenvalue weighted by Crippen LogP contribution is 2.30. The summed E-state index contributed by atoms with van der Waals surface area (Å²) in [6.07, 6.45) is 7.78. The number of rotatable bonds is 4. The van der Waals surface area contributed by atoms with Gasteiger partial charge in [0.15, 0.2) is 0 Å². The van der Waals surface area contributed by atoms with Crippen molar-refractivity contribution >= 4 is 21.6 Å². The van der Waals surface area contributed by atoms with Crippen LogP contribution in [0.5, 0.6) is 0 Å². The van der Waals surface area contributed by atoms with Crippen LogP contribution in [0.15, 0.2) is 53.9 Å². The molecule has 1 aromatic carbocycles. The van der Waals surface area contributed by atoms with Crippen molar-refractivity contribution in [2.24, 2.45) is 0 Å². The molecule has 0 amide bonds. The molecule has 3 aromatic rings. The van der Waals surface area contributed by atoms with Gasteiger partial charge in [0.1, 0.15) is 4.90 Å². The number of hydrogen-bond acceptors (Lipinski definition) is 5. The molecular weight excluding hydrogens is 386 g/mol. The summed E-state index contributed by atoms with van der Waals surface area (Å²) in [5.74, 6) is -0.00735. The Labute approximate surface area is 162 Å². The van der Waals surface area contributed by atoms with Crippen molar-refractivity contribution in [3.63, 3.8) is 0 Å². The molecule has 9 heteroatoms. The Balaban J connectivity index is 1.60. The van der Waals surface area contributed by atoms with Crippen LogP contribution >= 0.6 is 11.6 Å². The van der Waals surface area contributed by atoms with E-state index in [0.717, 1.165) is 29.8 Å². The summed E-state index contributed by atoms with van der Waals surface area (Å²) < 4.78 is 27.0. The lowest BCUT2D eigenvalue weighted by Gasteiger charge is -2.31. The third-order valence-electron chi connectivity index (χ3n) is 4.69. The Hall–Kier alpha value is -2.29. The number of nitrogens with zero attached hydrogens (tertiary/aromatic N) is 4. The third kappa shape index (κ3) is 3.73. The molecule has 1 aliphatic rings. The number of aromatic nitrogens is 4. The summed E-state index contributed by atoms with van der Waals surface area (Å²) in [5, 5.41) is 6.94. The van der Waals surface area contributed by atoms with Crippen LogP contribution in [0.4, 0.5) is 0 Å². The van der Waals surface area contributed by atoms with Crippen molar-refractivity contribution in [3.8, 4) is 11.3 Å². The SMILES string of the molecule is O=S(=O)(c1cn[nH]c1)N1CCCC(c2cncc(-c3cccc(Cl)c3)n2)C1. The van der Waals surface area contributed by atoms with Gasteiger partial charge in [-0.05, 0) is 25.0 Å². The lowest BCUT2D eigenvalue weighted by atomic mass is 9.96. The summed E-state index contributed by atoms with van der Waals surface area (Å²) in [7, 11) is -3.55. The largest absolute Gasteiger partial charge is 0.284 e. The molecule has 27 heavy (non-hydrogen) atoms.